The average molecular weight is 368 g/mol. The van der Waals surface area contributed by atoms with Gasteiger partial charge in [0.25, 0.3) is 0 Å². The summed E-state index contributed by atoms with van der Waals surface area (Å²) in [6, 6.07) is 3.66. The number of rotatable bonds is 5. The van der Waals surface area contributed by atoms with Crippen molar-refractivity contribution < 1.29 is 22.7 Å². The Labute approximate surface area is 148 Å². The summed E-state index contributed by atoms with van der Waals surface area (Å²) < 4.78 is 38.5. The van der Waals surface area contributed by atoms with Crippen molar-refractivity contribution in [3.05, 3.63) is 18.2 Å². The lowest BCUT2D eigenvalue weighted by atomic mass is 10.0. The van der Waals surface area contributed by atoms with Gasteiger partial charge in [-0.05, 0) is 37.3 Å². The summed E-state index contributed by atoms with van der Waals surface area (Å²) in [5.74, 6) is 0.604. The molecule has 1 atom stereocenters. The van der Waals surface area contributed by atoms with E-state index in [2.05, 4.69) is 4.72 Å². The number of piperidine rings is 1. The third-order valence-corrected chi connectivity index (χ3v) is 5.98. The molecule has 2 aliphatic rings. The number of carbonyl (C=O) groups excluding carboxylic acids is 1. The normalized spacial score (nSPS) is 18.4. The summed E-state index contributed by atoms with van der Waals surface area (Å²) in [5, 5.41) is 0. The van der Waals surface area contributed by atoms with Gasteiger partial charge in [0.15, 0.2) is 11.5 Å². The van der Waals surface area contributed by atoms with Gasteiger partial charge in [0.2, 0.25) is 22.7 Å². The van der Waals surface area contributed by atoms with Crippen LogP contribution in [-0.2, 0) is 14.8 Å². The van der Waals surface area contributed by atoms with E-state index in [0.717, 1.165) is 19.3 Å². The van der Waals surface area contributed by atoms with Crippen LogP contribution in [0.3, 0.4) is 0 Å². The topological polar surface area (TPSA) is 84.9 Å². The van der Waals surface area contributed by atoms with Crippen LogP contribution in [0, 0.1) is 5.92 Å². The molecule has 1 fully saturated rings. The van der Waals surface area contributed by atoms with Gasteiger partial charge in [-0.1, -0.05) is 13.8 Å². The van der Waals surface area contributed by atoms with Gasteiger partial charge in [-0.3, -0.25) is 4.79 Å². The van der Waals surface area contributed by atoms with Crippen LogP contribution in [0.2, 0.25) is 0 Å². The van der Waals surface area contributed by atoms with Gasteiger partial charge < -0.3 is 14.4 Å². The maximum atomic E-state index is 12.8. The van der Waals surface area contributed by atoms with Crippen molar-refractivity contribution in [1.29, 1.82) is 0 Å². The predicted molar refractivity (Wildman–Crippen MR) is 91.9 cm³/mol. The standard InChI is InChI=1S/C17H24N2O5S/c1-12(2)16(17(20)19-8-4-3-5-9-19)18-25(21,22)13-6-7-14-15(10-13)24-11-23-14/h6-7,10,12,16,18H,3-5,8-9,11H2,1-2H3/t16-/m0/s1. The molecular weight excluding hydrogens is 344 g/mol. The molecule has 0 unspecified atom stereocenters. The number of nitrogens with one attached hydrogen (secondary N) is 1. The van der Waals surface area contributed by atoms with Gasteiger partial charge in [0.05, 0.1) is 4.90 Å². The third-order valence-electron chi connectivity index (χ3n) is 4.54. The lowest BCUT2D eigenvalue weighted by molar-refractivity contribution is -0.134. The first kappa shape index (κ1) is 18.0. The van der Waals surface area contributed by atoms with Gasteiger partial charge in [-0.25, -0.2) is 8.42 Å². The van der Waals surface area contributed by atoms with Crippen LogP contribution in [-0.4, -0.2) is 45.1 Å². The number of ether oxygens (including phenoxy) is 2. The number of fused-ring (bicyclic) bond motifs is 1. The average Bonchev–Trinajstić information content (AvgIpc) is 3.07. The van der Waals surface area contributed by atoms with E-state index in [1.54, 1.807) is 11.0 Å². The first-order valence-corrected chi connectivity index (χ1v) is 10.1. The molecule has 0 aromatic heterocycles. The van der Waals surface area contributed by atoms with Crippen LogP contribution in [0.15, 0.2) is 23.1 Å². The number of nitrogens with zero attached hydrogens (tertiary/aromatic N) is 1. The van der Waals surface area contributed by atoms with E-state index >= 15 is 0 Å². The number of carbonyl (C=O) groups is 1. The van der Waals surface area contributed by atoms with Crippen molar-refractivity contribution in [2.24, 2.45) is 5.92 Å². The minimum Gasteiger partial charge on any atom is -0.454 e. The molecule has 0 radical (unpaired) electrons. The van der Waals surface area contributed by atoms with Crippen LogP contribution in [0.1, 0.15) is 33.1 Å². The van der Waals surface area contributed by atoms with E-state index < -0.39 is 16.1 Å². The van der Waals surface area contributed by atoms with E-state index in [9.17, 15) is 13.2 Å². The molecule has 0 aliphatic carbocycles. The minimum absolute atomic E-state index is 0.0637. The number of benzene rings is 1. The first-order valence-electron chi connectivity index (χ1n) is 8.59. The largest absolute Gasteiger partial charge is 0.454 e. The predicted octanol–water partition coefficient (Wildman–Crippen LogP) is 1.73. The van der Waals surface area contributed by atoms with Crippen LogP contribution < -0.4 is 14.2 Å². The summed E-state index contributed by atoms with van der Waals surface area (Å²) in [7, 11) is -3.84. The fraction of sp³-hybridized carbons (Fsp3) is 0.588. The first-order chi connectivity index (χ1) is 11.9. The van der Waals surface area contributed by atoms with Gasteiger partial charge in [-0.2, -0.15) is 4.72 Å². The SMILES string of the molecule is CC(C)[C@H](NS(=O)(=O)c1ccc2c(c1)OCO2)C(=O)N1CCCCC1. The minimum atomic E-state index is -3.84. The molecule has 2 aliphatic heterocycles. The number of hydrogen-bond acceptors (Lipinski definition) is 5. The second kappa shape index (κ2) is 7.21. The molecule has 0 spiro atoms. The highest BCUT2D eigenvalue weighted by Gasteiger charge is 2.32. The lowest BCUT2D eigenvalue weighted by Crippen LogP contribution is -2.52. The second-order valence-electron chi connectivity index (χ2n) is 6.74. The zero-order valence-electron chi connectivity index (χ0n) is 14.5. The molecule has 25 heavy (non-hydrogen) atoms. The van der Waals surface area contributed by atoms with Gasteiger partial charge >= 0.3 is 0 Å². The Balaban J connectivity index is 1.79. The smallest absolute Gasteiger partial charge is 0.241 e. The van der Waals surface area contributed by atoms with Crippen molar-refractivity contribution in [1.82, 2.24) is 9.62 Å². The summed E-state index contributed by atoms with van der Waals surface area (Å²) in [6.45, 7) is 5.14. The second-order valence-corrected chi connectivity index (χ2v) is 8.46. The van der Waals surface area contributed by atoms with Crippen molar-refractivity contribution in [3.8, 4) is 11.5 Å². The molecule has 138 valence electrons. The summed E-state index contributed by atoms with van der Waals surface area (Å²) >= 11 is 0. The van der Waals surface area contributed by atoms with Gasteiger partial charge in [0, 0.05) is 19.2 Å². The molecule has 1 saturated heterocycles. The van der Waals surface area contributed by atoms with E-state index in [4.69, 9.17) is 9.47 Å². The van der Waals surface area contributed by atoms with Crippen molar-refractivity contribution >= 4 is 15.9 Å². The number of sulfonamides is 1. The van der Waals surface area contributed by atoms with Crippen LogP contribution in [0.25, 0.3) is 0 Å². The Hall–Kier alpha value is -1.80. The highest BCUT2D eigenvalue weighted by Crippen LogP contribution is 2.34. The van der Waals surface area contributed by atoms with E-state index in [0.29, 0.717) is 24.6 Å². The molecule has 1 N–H and O–H groups in total. The summed E-state index contributed by atoms with van der Waals surface area (Å²) in [4.78, 5) is 14.6. The van der Waals surface area contributed by atoms with Crippen LogP contribution in [0.5, 0.6) is 11.5 Å². The van der Waals surface area contributed by atoms with Crippen molar-refractivity contribution in [3.63, 3.8) is 0 Å². The molecule has 8 heteroatoms. The molecule has 1 aromatic rings. The number of amides is 1. The lowest BCUT2D eigenvalue weighted by Gasteiger charge is -2.32. The van der Waals surface area contributed by atoms with E-state index in [-0.39, 0.29) is 23.5 Å². The summed E-state index contributed by atoms with van der Waals surface area (Å²) in [6.07, 6.45) is 3.04. The van der Waals surface area contributed by atoms with Crippen LogP contribution >= 0.6 is 0 Å². The fourth-order valence-corrected chi connectivity index (χ4v) is 4.41. The number of hydrogen-bond donors (Lipinski definition) is 1. The Morgan fingerprint density at radius 3 is 2.48 bits per heavy atom. The Morgan fingerprint density at radius 2 is 1.80 bits per heavy atom. The third kappa shape index (κ3) is 3.90. The molecule has 2 heterocycles. The molecule has 0 bridgehead atoms. The molecule has 1 aromatic carbocycles. The Bertz CT molecular complexity index is 741. The Morgan fingerprint density at radius 1 is 1.12 bits per heavy atom. The molecular formula is C17H24N2O5S. The fourth-order valence-electron chi connectivity index (χ4n) is 3.06. The quantitative estimate of drug-likeness (QED) is 0.856. The van der Waals surface area contributed by atoms with Gasteiger partial charge in [0.1, 0.15) is 6.04 Å². The van der Waals surface area contributed by atoms with E-state index in [1.165, 1.54) is 12.1 Å². The highest BCUT2D eigenvalue weighted by molar-refractivity contribution is 7.89. The zero-order chi connectivity index (χ0) is 18.0. The molecule has 0 saturated carbocycles. The molecule has 3 rings (SSSR count). The molecule has 7 nitrogen and oxygen atoms in total. The van der Waals surface area contributed by atoms with E-state index in [1.807, 2.05) is 13.8 Å². The van der Waals surface area contributed by atoms with Crippen molar-refractivity contribution in [2.75, 3.05) is 19.9 Å². The maximum absolute atomic E-state index is 12.8. The highest BCUT2D eigenvalue weighted by atomic mass is 32.2. The van der Waals surface area contributed by atoms with Crippen molar-refractivity contribution in [2.45, 2.75) is 44.0 Å². The maximum Gasteiger partial charge on any atom is 0.241 e. The van der Waals surface area contributed by atoms with Gasteiger partial charge in [-0.15, -0.1) is 0 Å². The monoisotopic (exact) mass is 368 g/mol. The Kier molecular flexibility index (Phi) is 5.19. The van der Waals surface area contributed by atoms with Crippen LogP contribution in [0.4, 0.5) is 0 Å². The summed E-state index contributed by atoms with van der Waals surface area (Å²) in [5.41, 5.74) is 0. The molecule has 1 amide bonds. The number of likely N-dealkylation sites (tertiary alicyclic amines) is 1. The zero-order valence-corrected chi connectivity index (χ0v) is 15.3.